The van der Waals surface area contributed by atoms with Gasteiger partial charge in [-0.2, -0.15) is 8.78 Å². The summed E-state index contributed by atoms with van der Waals surface area (Å²) in [6.07, 6.45) is 0. The van der Waals surface area contributed by atoms with Crippen LogP contribution in [0.2, 0.25) is 5.02 Å². The van der Waals surface area contributed by atoms with Crippen molar-refractivity contribution < 1.29 is 18.3 Å². The second kappa shape index (κ2) is 5.05. The van der Waals surface area contributed by atoms with Gasteiger partial charge in [0.15, 0.2) is 0 Å². The molecule has 0 spiro atoms. The molecule has 2 aromatic rings. The van der Waals surface area contributed by atoms with E-state index in [2.05, 4.69) is 20.9 Å². The lowest BCUT2D eigenvalue weighted by molar-refractivity contribution is 0.0658. The highest BCUT2D eigenvalue weighted by atomic mass is 79.9. The molecule has 0 saturated carbocycles. The van der Waals surface area contributed by atoms with Crippen molar-refractivity contribution in [1.82, 2.24) is 9.55 Å². The maximum Gasteiger partial charge on any atom is 0.320 e. The normalized spacial score (nSPS) is 11.3. The number of alkyl halides is 2. The molecule has 0 unspecified atom stereocenters. The van der Waals surface area contributed by atoms with E-state index in [0.717, 1.165) is 12.1 Å². The predicted molar refractivity (Wildman–Crippen MR) is 68.0 cm³/mol. The van der Waals surface area contributed by atoms with Gasteiger partial charge >= 0.3 is 6.55 Å². The first-order valence-corrected chi connectivity index (χ1v) is 6.21. The zero-order chi connectivity index (χ0) is 14.3. The van der Waals surface area contributed by atoms with Crippen LogP contribution in [0.3, 0.4) is 0 Å². The van der Waals surface area contributed by atoms with E-state index in [0.29, 0.717) is 4.57 Å². The number of halogens is 5. The minimum atomic E-state index is -2.81. The summed E-state index contributed by atoms with van der Waals surface area (Å²) in [7, 11) is 0. The Bertz CT molecular complexity index is 645. The molecule has 2 rings (SSSR count). The molecular formula is C11H7BrClF3N2O. The molecule has 19 heavy (non-hydrogen) atoms. The third-order valence-corrected chi connectivity index (χ3v) is 3.58. The molecule has 1 aromatic heterocycles. The fourth-order valence-corrected chi connectivity index (χ4v) is 2.50. The number of aromatic hydroxyl groups is 1. The van der Waals surface area contributed by atoms with Crippen molar-refractivity contribution in [2.24, 2.45) is 0 Å². The van der Waals surface area contributed by atoms with Crippen molar-refractivity contribution in [1.29, 1.82) is 0 Å². The first-order chi connectivity index (χ1) is 8.82. The average Bonchev–Trinajstić information content (AvgIpc) is 2.59. The van der Waals surface area contributed by atoms with E-state index < -0.39 is 12.4 Å². The molecule has 0 aliphatic carbocycles. The van der Waals surface area contributed by atoms with Crippen LogP contribution in [0.25, 0.3) is 11.3 Å². The van der Waals surface area contributed by atoms with Crippen LogP contribution in [0.4, 0.5) is 13.2 Å². The zero-order valence-corrected chi connectivity index (χ0v) is 11.8. The van der Waals surface area contributed by atoms with Crippen LogP contribution in [-0.4, -0.2) is 14.7 Å². The molecule has 0 aliphatic heterocycles. The Morgan fingerprint density at radius 1 is 1.42 bits per heavy atom. The topological polar surface area (TPSA) is 38.1 Å². The van der Waals surface area contributed by atoms with Gasteiger partial charge in [-0.15, -0.1) is 0 Å². The summed E-state index contributed by atoms with van der Waals surface area (Å²) in [5.41, 5.74) is -0.140. The van der Waals surface area contributed by atoms with Gasteiger partial charge in [-0.05, 0) is 35.0 Å². The molecule has 3 nitrogen and oxygen atoms in total. The Morgan fingerprint density at radius 2 is 2.05 bits per heavy atom. The maximum absolute atomic E-state index is 13.8. The number of phenols is 1. The molecule has 1 aromatic carbocycles. The monoisotopic (exact) mass is 354 g/mol. The third kappa shape index (κ3) is 2.44. The van der Waals surface area contributed by atoms with Crippen LogP contribution in [0.5, 0.6) is 5.75 Å². The van der Waals surface area contributed by atoms with Crippen molar-refractivity contribution >= 4 is 27.5 Å². The lowest BCUT2D eigenvalue weighted by Gasteiger charge is -2.06. The molecule has 0 amide bonds. The van der Waals surface area contributed by atoms with Gasteiger partial charge < -0.3 is 5.11 Å². The van der Waals surface area contributed by atoms with E-state index in [9.17, 15) is 18.3 Å². The third-order valence-electron chi connectivity index (χ3n) is 2.52. The highest BCUT2D eigenvalue weighted by Gasteiger charge is 2.22. The van der Waals surface area contributed by atoms with Crippen LogP contribution in [0, 0.1) is 12.7 Å². The van der Waals surface area contributed by atoms with E-state index in [4.69, 9.17) is 11.6 Å². The highest BCUT2D eigenvalue weighted by molar-refractivity contribution is 9.10. The standard InChI is InChI=1S/C11H7BrClF3N2O/c1-4-17-9(10(12)18(4)11(15)16)5-2-8(19)6(13)3-7(5)14/h2-3,11,19H,1H3. The quantitative estimate of drug-likeness (QED) is 0.860. The lowest BCUT2D eigenvalue weighted by Crippen LogP contribution is -2.00. The van der Waals surface area contributed by atoms with Crippen LogP contribution in [0.1, 0.15) is 12.4 Å². The molecule has 0 saturated heterocycles. The number of aryl methyl sites for hydroxylation is 1. The molecule has 0 fully saturated rings. The molecule has 1 heterocycles. The number of benzene rings is 1. The van der Waals surface area contributed by atoms with Crippen molar-refractivity contribution in [3.8, 4) is 17.0 Å². The molecule has 8 heteroatoms. The Hall–Kier alpha value is -1.21. The second-order valence-electron chi connectivity index (χ2n) is 3.73. The van der Waals surface area contributed by atoms with E-state index in [-0.39, 0.29) is 32.5 Å². The summed E-state index contributed by atoms with van der Waals surface area (Å²) < 4.78 is 39.9. The number of hydrogen-bond acceptors (Lipinski definition) is 2. The zero-order valence-electron chi connectivity index (χ0n) is 9.46. The van der Waals surface area contributed by atoms with Crippen molar-refractivity contribution in [3.05, 3.63) is 33.4 Å². The number of phenolic OH excluding ortho intramolecular Hbond substituents is 1. The first kappa shape index (κ1) is 14.2. The summed E-state index contributed by atoms with van der Waals surface area (Å²) in [5, 5.41) is 9.30. The van der Waals surface area contributed by atoms with Gasteiger partial charge in [-0.1, -0.05) is 11.6 Å². The number of aromatic nitrogens is 2. The van der Waals surface area contributed by atoms with Crippen molar-refractivity contribution in [2.75, 3.05) is 0 Å². The Balaban J connectivity index is 2.67. The van der Waals surface area contributed by atoms with Gasteiger partial charge in [0.2, 0.25) is 0 Å². The second-order valence-corrected chi connectivity index (χ2v) is 4.89. The smallest absolute Gasteiger partial charge is 0.320 e. The summed E-state index contributed by atoms with van der Waals surface area (Å²) in [6.45, 7) is -1.44. The summed E-state index contributed by atoms with van der Waals surface area (Å²) in [6, 6.07) is 1.94. The van der Waals surface area contributed by atoms with Crippen molar-refractivity contribution in [3.63, 3.8) is 0 Å². The van der Waals surface area contributed by atoms with Crippen LogP contribution in [-0.2, 0) is 0 Å². The van der Waals surface area contributed by atoms with E-state index in [1.165, 1.54) is 6.92 Å². The van der Waals surface area contributed by atoms with Gasteiger partial charge in [0.25, 0.3) is 0 Å². The van der Waals surface area contributed by atoms with Crippen LogP contribution < -0.4 is 0 Å². The fourth-order valence-electron chi connectivity index (χ4n) is 1.64. The Labute approximate surface area is 119 Å². The van der Waals surface area contributed by atoms with Crippen LogP contribution in [0.15, 0.2) is 16.7 Å². The molecule has 1 N–H and O–H groups in total. The minimum absolute atomic E-state index is 0.0192. The average molecular weight is 356 g/mol. The Kier molecular flexibility index (Phi) is 3.78. The van der Waals surface area contributed by atoms with E-state index in [1.807, 2.05) is 0 Å². The summed E-state index contributed by atoms with van der Waals surface area (Å²) in [4.78, 5) is 3.88. The molecule has 102 valence electrons. The number of nitrogens with zero attached hydrogens (tertiary/aromatic N) is 2. The van der Waals surface area contributed by atoms with Gasteiger partial charge in [0, 0.05) is 5.56 Å². The van der Waals surface area contributed by atoms with E-state index in [1.54, 1.807) is 0 Å². The van der Waals surface area contributed by atoms with Gasteiger partial charge in [0.1, 0.15) is 27.7 Å². The first-order valence-electron chi connectivity index (χ1n) is 5.03. The fraction of sp³-hybridized carbons (Fsp3) is 0.182. The van der Waals surface area contributed by atoms with Gasteiger partial charge in [-0.25, -0.2) is 9.37 Å². The number of rotatable bonds is 2. The molecule has 0 bridgehead atoms. The van der Waals surface area contributed by atoms with Gasteiger partial charge in [-0.3, -0.25) is 4.57 Å². The largest absolute Gasteiger partial charge is 0.506 e. The molecular weight excluding hydrogens is 348 g/mol. The predicted octanol–water partition coefficient (Wildman–Crippen LogP) is 4.51. The summed E-state index contributed by atoms with van der Waals surface area (Å²) >= 11 is 8.51. The minimum Gasteiger partial charge on any atom is -0.506 e. The molecule has 0 radical (unpaired) electrons. The maximum atomic E-state index is 13.8. The lowest BCUT2D eigenvalue weighted by atomic mass is 10.1. The Morgan fingerprint density at radius 3 is 2.58 bits per heavy atom. The number of imidazole rings is 1. The number of hydrogen-bond donors (Lipinski definition) is 1. The van der Waals surface area contributed by atoms with Gasteiger partial charge in [0.05, 0.1) is 5.02 Å². The van der Waals surface area contributed by atoms with Crippen molar-refractivity contribution in [2.45, 2.75) is 13.5 Å². The highest BCUT2D eigenvalue weighted by Crippen LogP contribution is 2.37. The SMILES string of the molecule is Cc1nc(-c2cc(O)c(Cl)cc2F)c(Br)n1C(F)F. The molecule has 0 atom stereocenters. The van der Waals surface area contributed by atoms with E-state index >= 15 is 0 Å². The van der Waals surface area contributed by atoms with Crippen LogP contribution >= 0.6 is 27.5 Å². The molecule has 0 aliphatic rings. The summed E-state index contributed by atoms with van der Waals surface area (Å²) in [5.74, 6) is -1.10.